The second kappa shape index (κ2) is 5.97. The Morgan fingerprint density at radius 1 is 1.28 bits per heavy atom. The highest BCUT2D eigenvalue weighted by atomic mass is 79.9. The number of benzene rings is 1. The molecule has 2 aromatic rings. The van der Waals surface area contributed by atoms with E-state index in [1.165, 1.54) is 0 Å². The number of nitrogens with zero attached hydrogens (tertiary/aromatic N) is 2. The van der Waals surface area contributed by atoms with Gasteiger partial charge in [-0.2, -0.15) is 5.10 Å². The van der Waals surface area contributed by atoms with Gasteiger partial charge in [-0.25, -0.2) is 5.43 Å². The Kier molecular flexibility index (Phi) is 4.55. The lowest BCUT2D eigenvalue weighted by atomic mass is 10.0. The van der Waals surface area contributed by atoms with Crippen LogP contribution in [-0.2, 0) is 6.54 Å². The van der Waals surface area contributed by atoms with Crippen molar-refractivity contribution in [2.75, 3.05) is 0 Å². The average molecular weight is 374 g/mol. The second-order valence-corrected chi connectivity index (χ2v) is 5.76. The summed E-state index contributed by atoms with van der Waals surface area (Å²) in [5.41, 5.74) is 4.96. The van der Waals surface area contributed by atoms with Crippen LogP contribution in [0.15, 0.2) is 39.5 Å². The minimum absolute atomic E-state index is 0.0703. The van der Waals surface area contributed by atoms with Gasteiger partial charge in [-0.05, 0) is 30.7 Å². The third-order valence-electron chi connectivity index (χ3n) is 2.70. The number of nitrogens with two attached hydrogens (primary N) is 1. The molecule has 1 aromatic heterocycles. The minimum Gasteiger partial charge on any atom is -0.273 e. The van der Waals surface area contributed by atoms with E-state index in [-0.39, 0.29) is 6.04 Å². The van der Waals surface area contributed by atoms with Gasteiger partial charge in [0.2, 0.25) is 0 Å². The molecule has 6 heteroatoms. The second-order valence-electron chi connectivity index (χ2n) is 3.93. The third-order valence-corrected chi connectivity index (χ3v) is 3.61. The van der Waals surface area contributed by atoms with Crippen LogP contribution in [0.1, 0.15) is 24.1 Å². The van der Waals surface area contributed by atoms with Gasteiger partial charge in [0, 0.05) is 27.3 Å². The van der Waals surface area contributed by atoms with Crippen LogP contribution in [0.25, 0.3) is 0 Å². The molecular weight excluding hydrogens is 360 g/mol. The van der Waals surface area contributed by atoms with Gasteiger partial charge in [-0.15, -0.1) is 0 Å². The molecule has 0 fully saturated rings. The van der Waals surface area contributed by atoms with Gasteiger partial charge in [-0.3, -0.25) is 10.5 Å². The predicted molar refractivity (Wildman–Crippen MR) is 78.9 cm³/mol. The maximum absolute atomic E-state index is 5.67. The summed E-state index contributed by atoms with van der Waals surface area (Å²) in [6.07, 6.45) is 3.84. The Morgan fingerprint density at radius 2 is 1.94 bits per heavy atom. The van der Waals surface area contributed by atoms with Crippen LogP contribution >= 0.6 is 31.9 Å². The summed E-state index contributed by atoms with van der Waals surface area (Å²) in [5, 5.41) is 4.27. The van der Waals surface area contributed by atoms with Gasteiger partial charge >= 0.3 is 0 Å². The Morgan fingerprint density at radius 3 is 2.44 bits per heavy atom. The Bertz CT molecular complexity index is 518. The maximum Gasteiger partial charge on any atom is 0.0741 e. The maximum atomic E-state index is 5.67. The first kappa shape index (κ1) is 13.7. The van der Waals surface area contributed by atoms with Crippen molar-refractivity contribution >= 4 is 31.9 Å². The lowest BCUT2D eigenvalue weighted by Crippen LogP contribution is -2.28. The molecule has 1 unspecified atom stereocenters. The van der Waals surface area contributed by atoms with E-state index in [1.807, 2.05) is 35.3 Å². The molecule has 0 bridgehead atoms. The average Bonchev–Trinajstić information content (AvgIpc) is 2.77. The van der Waals surface area contributed by atoms with E-state index >= 15 is 0 Å². The summed E-state index contributed by atoms with van der Waals surface area (Å²) in [6, 6.07) is 6.00. The zero-order valence-corrected chi connectivity index (χ0v) is 13.1. The summed E-state index contributed by atoms with van der Waals surface area (Å²) in [6.45, 7) is 2.90. The van der Waals surface area contributed by atoms with Gasteiger partial charge in [0.25, 0.3) is 0 Å². The summed E-state index contributed by atoms with van der Waals surface area (Å²) >= 11 is 6.96. The van der Waals surface area contributed by atoms with E-state index in [0.717, 1.165) is 26.6 Å². The number of hydrogen-bond acceptors (Lipinski definition) is 3. The van der Waals surface area contributed by atoms with Crippen LogP contribution in [-0.4, -0.2) is 9.78 Å². The number of hydrazine groups is 1. The normalized spacial score (nSPS) is 12.7. The number of aryl methyl sites for hydroxylation is 1. The fraction of sp³-hybridized carbons (Fsp3) is 0.250. The van der Waals surface area contributed by atoms with Crippen molar-refractivity contribution < 1.29 is 0 Å². The van der Waals surface area contributed by atoms with E-state index < -0.39 is 0 Å². The molecule has 0 aliphatic heterocycles. The lowest BCUT2D eigenvalue weighted by molar-refractivity contribution is 0.629. The van der Waals surface area contributed by atoms with Gasteiger partial charge in [0.1, 0.15) is 0 Å². The molecule has 18 heavy (non-hydrogen) atoms. The smallest absolute Gasteiger partial charge is 0.0741 e. The number of hydrogen-bond donors (Lipinski definition) is 2. The van der Waals surface area contributed by atoms with Crippen molar-refractivity contribution in [2.45, 2.75) is 19.5 Å². The highest BCUT2D eigenvalue weighted by molar-refractivity contribution is 9.11. The van der Waals surface area contributed by atoms with Crippen LogP contribution in [0.4, 0.5) is 0 Å². The molecule has 0 saturated carbocycles. The number of nitrogens with one attached hydrogen (secondary N) is 1. The van der Waals surface area contributed by atoms with Crippen molar-refractivity contribution in [1.82, 2.24) is 15.2 Å². The monoisotopic (exact) mass is 372 g/mol. The molecule has 0 spiro atoms. The molecule has 2 rings (SSSR count). The first-order valence-electron chi connectivity index (χ1n) is 5.58. The molecule has 0 radical (unpaired) electrons. The van der Waals surface area contributed by atoms with Crippen LogP contribution in [0, 0.1) is 0 Å². The van der Waals surface area contributed by atoms with Gasteiger partial charge in [-0.1, -0.05) is 31.9 Å². The predicted octanol–water partition coefficient (Wildman–Crippen LogP) is 2.98. The molecule has 1 heterocycles. The quantitative estimate of drug-likeness (QED) is 0.639. The first-order valence-corrected chi connectivity index (χ1v) is 7.17. The first-order chi connectivity index (χ1) is 8.63. The van der Waals surface area contributed by atoms with E-state index in [2.05, 4.69) is 49.3 Å². The minimum atomic E-state index is -0.0703. The molecule has 3 N–H and O–H groups in total. The summed E-state index contributed by atoms with van der Waals surface area (Å²) in [5.74, 6) is 5.67. The third kappa shape index (κ3) is 3.00. The van der Waals surface area contributed by atoms with Crippen LogP contribution < -0.4 is 11.3 Å². The number of aromatic nitrogens is 2. The largest absolute Gasteiger partial charge is 0.273 e. The standard InChI is InChI=1S/C12H14Br2N4/c1-2-18-7-9(6-16-18)12(17-15)8-3-10(13)5-11(14)4-8/h3-7,12,17H,2,15H2,1H3. The Labute approximate surface area is 123 Å². The van der Waals surface area contributed by atoms with E-state index in [9.17, 15) is 0 Å². The molecule has 0 saturated heterocycles. The van der Waals surface area contributed by atoms with E-state index in [1.54, 1.807) is 0 Å². The Hall–Kier alpha value is -0.690. The highest BCUT2D eigenvalue weighted by Gasteiger charge is 2.15. The van der Waals surface area contributed by atoms with Crippen LogP contribution in [0.3, 0.4) is 0 Å². The summed E-state index contributed by atoms with van der Waals surface area (Å²) in [4.78, 5) is 0. The fourth-order valence-electron chi connectivity index (χ4n) is 1.83. The summed E-state index contributed by atoms with van der Waals surface area (Å²) < 4.78 is 3.90. The fourth-order valence-corrected chi connectivity index (χ4v) is 3.16. The van der Waals surface area contributed by atoms with Crippen molar-refractivity contribution in [3.8, 4) is 0 Å². The van der Waals surface area contributed by atoms with Gasteiger partial charge < -0.3 is 0 Å². The zero-order chi connectivity index (χ0) is 13.1. The molecule has 0 aliphatic rings. The van der Waals surface area contributed by atoms with E-state index in [0.29, 0.717) is 0 Å². The molecule has 96 valence electrons. The molecule has 0 aliphatic carbocycles. The SMILES string of the molecule is CCn1cc(C(NN)c2cc(Br)cc(Br)c2)cn1. The summed E-state index contributed by atoms with van der Waals surface area (Å²) in [7, 11) is 0. The van der Waals surface area contributed by atoms with Crippen LogP contribution in [0.5, 0.6) is 0 Å². The highest BCUT2D eigenvalue weighted by Crippen LogP contribution is 2.27. The zero-order valence-electron chi connectivity index (χ0n) is 9.90. The molecule has 1 atom stereocenters. The van der Waals surface area contributed by atoms with Crippen LogP contribution in [0.2, 0.25) is 0 Å². The molecule has 0 amide bonds. The van der Waals surface area contributed by atoms with Crippen molar-refractivity contribution in [2.24, 2.45) is 5.84 Å². The van der Waals surface area contributed by atoms with Crippen molar-refractivity contribution in [3.05, 3.63) is 50.7 Å². The van der Waals surface area contributed by atoms with Crippen molar-refractivity contribution in [3.63, 3.8) is 0 Å². The number of halogens is 2. The lowest BCUT2D eigenvalue weighted by Gasteiger charge is -2.15. The van der Waals surface area contributed by atoms with Crippen molar-refractivity contribution in [1.29, 1.82) is 0 Å². The molecule has 1 aromatic carbocycles. The Balaban J connectivity index is 2.38. The van der Waals surface area contributed by atoms with E-state index in [4.69, 9.17) is 5.84 Å². The molecule has 4 nitrogen and oxygen atoms in total. The number of rotatable bonds is 4. The van der Waals surface area contributed by atoms with Gasteiger partial charge in [0.15, 0.2) is 0 Å². The van der Waals surface area contributed by atoms with Gasteiger partial charge in [0.05, 0.1) is 12.2 Å². The topological polar surface area (TPSA) is 55.9 Å². The molecular formula is C12H14Br2N4.